The lowest BCUT2D eigenvalue weighted by molar-refractivity contribution is -0.137. The van der Waals surface area contributed by atoms with E-state index in [-0.39, 0.29) is 5.92 Å². The molecule has 6 heteroatoms. The van der Waals surface area contributed by atoms with Gasteiger partial charge in [0, 0.05) is 0 Å². The van der Waals surface area contributed by atoms with Crippen molar-refractivity contribution < 1.29 is 13.2 Å². The third kappa shape index (κ3) is 2.89. The second kappa shape index (κ2) is 4.85. The zero-order valence-corrected chi connectivity index (χ0v) is 11.3. The first-order chi connectivity index (χ1) is 8.79. The fourth-order valence-corrected chi connectivity index (χ4v) is 2.77. The number of hydrogen-bond acceptors (Lipinski definition) is 3. The second-order valence-electron chi connectivity index (χ2n) is 4.50. The Morgan fingerprint density at radius 3 is 2.53 bits per heavy atom. The molecule has 2 rings (SSSR count). The van der Waals surface area contributed by atoms with E-state index >= 15 is 0 Å². The predicted octanol–water partition coefficient (Wildman–Crippen LogP) is 4.53. The lowest BCUT2D eigenvalue weighted by atomic mass is 10.0. The minimum absolute atomic E-state index is 0.109. The molecule has 0 saturated carbocycles. The van der Waals surface area contributed by atoms with Crippen molar-refractivity contribution in [3.05, 3.63) is 35.5 Å². The molecular formula is C13H13F3N2S. The summed E-state index contributed by atoms with van der Waals surface area (Å²) in [5, 5.41) is 0.371. The van der Waals surface area contributed by atoms with E-state index < -0.39 is 11.7 Å². The van der Waals surface area contributed by atoms with Crippen molar-refractivity contribution in [3.63, 3.8) is 0 Å². The third-order valence-electron chi connectivity index (χ3n) is 2.67. The maximum atomic E-state index is 12.7. The molecule has 2 nitrogen and oxygen atoms in total. The van der Waals surface area contributed by atoms with Gasteiger partial charge < -0.3 is 5.73 Å². The summed E-state index contributed by atoms with van der Waals surface area (Å²) in [6.45, 7) is 3.87. The smallest absolute Gasteiger partial charge is 0.375 e. The summed E-state index contributed by atoms with van der Waals surface area (Å²) in [5.41, 5.74) is 6.25. The molecule has 0 saturated heterocycles. The largest absolute Gasteiger partial charge is 0.416 e. The third-order valence-corrected chi connectivity index (χ3v) is 3.62. The molecule has 0 fully saturated rings. The standard InChI is InChI=1S/C13H13F3N2S/c1-7(2)10-11(19-12(17)18-10)8-4-3-5-9(6-8)13(14,15)16/h3-7H,1-2H3,(H2,17,18). The van der Waals surface area contributed by atoms with E-state index in [1.807, 2.05) is 13.8 Å². The van der Waals surface area contributed by atoms with Crippen molar-refractivity contribution in [1.82, 2.24) is 4.98 Å². The lowest BCUT2D eigenvalue weighted by Crippen LogP contribution is -2.04. The van der Waals surface area contributed by atoms with Gasteiger partial charge in [0.15, 0.2) is 5.13 Å². The Hall–Kier alpha value is -1.56. The summed E-state index contributed by atoms with van der Waals surface area (Å²) in [4.78, 5) is 4.90. The van der Waals surface area contributed by atoms with Crippen LogP contribution in [0.25, 0.3) is 10.4 Å². The van der Waals surface area contributed by atoms with Gasteiger partial charge in [0.1, 0.15) is 0 Å². The topological polar surface area (TPSA) is 38.9 Å². The quantitative estimate of drug-likeness (QED) is 0.880. The molecule has 19 heavy (non-hydrogen) atoms. The molecule has 1 aromatic heterocycles. The summed E-state index contributed by atoms with van der Waals surface area (Å²) in [5.74, 6) is 0.109. The van der Waals surface area contributed by atoms with Crippen LogP contribution in [0.5, 0.6) is 0 Å². The number of benzene rings is 1. The van der Waals surface area contributed by atoms with E-state index in [2.05, 4.69) is 4.98 Å². The van der Waals surface area contributed by atoms with Crippen molar-refractivity contribution >= 4 is 16.5 Å². The number of alkyl halides is 3. The molecule has 0 aliphatic rings. The first-order valence-electron chi connectivity index (χ1n) is 5.73. The number of nitrogen functional groups attached to an aromatic ring is 1. The molecule has 1 heterocycles. The van der Waals surface area contributed by atoms with E-state index in [1.165, 1.54) is 17.4 Å². The van der Waals surface area contributed by atoms with Crippen LogP contribution in [0.1, 0.15) is 31.0 Å². The number of aromatic nitrogens is 1. The molecule has 0 aliphatic heterocycles. The molecule has 0 unspecified atom stereocenters. The van der Waals surface area contributed by atoms with Gasteiger partial charge in [0.05, 0.1) is 16.1 Å². The van der Waals surface area contributed by atoms with Crippen LogP contribution in [0.2, 0.25) is 0 Å². The fourth-order valence-electron chi connectivity index (χ4n) is 1.78. The van der Waals surface area contributed by atoms with E-state index in [0.717, 1.165) is 17.8 Å². The number of nitrogens with zero attached hydrogens (tertiary/aromatic N) is 1. The number of nitrogens with two attached hydrogens (primary N) is 1. The van der Waals surface area contributed by atoms with E-state index in [1.54, 1.807) is 6.07 Å². The first-order valence-corrected chi connectivity index (χ1v) is 6.54. The number of hydrogen-bond donors (Lipinski definition) is 1. The average molecular weight is 286 g/mol. The van der Waals surface area contributed by atoms with Gasteiger partial charge >= 0.3 is 6.18 Å². The number of thiazole rings is 1. The monoisotopic (exact) mass is 286 g/mol. The summed E-state index contributed by atoms with van der Waals surface area (Å²) in [6.07, 6.45) is -4.34. The summed E-state index contributed by atoms with van der Waals surface area (Å²) in [7, 11) is 0. The minimum Gasteiger partial charge on any atom is -0.375 e. The molecule has 0 atom stereocenters. The molecule has 102 valence electrons. The molecule has 0 bridgehead atoms. The highest BCUT2D eigenvalue weighted by Gasteiger charge is 2.30. The summed E-state index contributed by atoms with van der Waals surface area (Å²) >= 11 is 1.21. The summed E-state index contributed by atoms with van der Waals surface area (Å²) in [6, 6.07) is 5.24. The van der Waals surface area contributed by atoms with Crippen molar-refractivity contribution in [2.45, 2.75) is 25.9 Å². The Morgan fingerprint density at radius 1 is 1.26 bits per heavy atom. The van der Waals surface area contributed by atoms with Crippen LogP contribution >= 0.6 is 11.3 Å². The van der Waals surface area contributed by atoms with Crippen molar-refractivity contribution in [2.24, 2.45) is 0 Å². The van der Waals surface area contributed by atoms with Gasteiger partial charge in [-0.05, 0) is 23.6 Å². The molecule has 0 radical (unpaired) electrons. The van der Waals surface area contributed by atoms with Crippen LogP contribution in [0.15, 0.2) is 24.3 Å². The minimum atomic E-state index is -4.34. The Morgan fingerprint density at radius 2 is 1.95 bits per heavy atom. The molecule has 1 aromatic carbocycles. The van der Waals surface area contributed by atoms with Gasteiger partial charge in [-0.2, -0.15) is 13.2 Å². The highest BCUT2D eigenvalue weighted by Crippen LogP contribution is 2.38. The van der Waals surface area contributed by atoms with Crippen molar-refractivity contribution in [2.75, 3.05) is 5.73 Å². The molecule has 2 aromatic rings. The Labute approximate surface area is 113 Å². The van der Waals surface area contributed by atoms with Gasteiger partial charge in [0.25, 0.3) is 0 Å². The molecule has 0 spiro atoms. The first kappa shape index (κ1) is 13.9. The van der Waals surface area contributed by atoms with Gasteiger partial charge in [-0.3, -0.25) is 0 Å². The summed E-state index contributed by atoms with van der Waals surface area (Å²) < 4.78 is 38.1. The SMILES string of the molecule is CC(C)c1nc(N)sc1-c1cccc(C(F)(F)F)c1. The molecular weight excluding hydrogens is 273 g/mol. The lowest BCUT2D eigenvalue weighted by Gasteiger charge is -2.09. The van der Waals surface area contributed by atoms with E-state index in [0.29, 0.717) is 15.6 Å². The Balaban J connectivity index is 2.54. The van der Waals surface area contributed by atoms with Crippen LogP contribution in [-0.2, 0) is 6.18 Å². The average Bonchev–Trinajstić information content (AvgIpc) is 2.71. The normalized spacial score (nSPS) is 12.1. The van der Waals surface area contributed by atoms with Crippen LogP contribution in [0.3, 0.4) is 0 Å². The van der Waals surface area contributed by atoms with E-state index in [9.17, 15) is 13.2 Å². The van der Waals surface area contributed by atoms with Crippen molar-refractivity contribution in [1.29, 1.82) is 0 Å². The van der Waals surface area contributed by atoms with Gasteiger partial charge in [-0.1, -0.05) is 37.3 Å². The number of anilines is 1. The highest BCUT2D eigenvalue weighted by molar-refractivity contribution is 7.18. The molecule has 2 N–H and O–H groups in total. The van der Waals surface area contributed by atoms with E-state index in [4.69, 9.17) is 5.73 Å². The number of rotatable bonds is 2. The number of halogens is 3. The maximum Gasteiger partial charge on any atom is 0.416 e. The zero-order chi connectivity index (χ0) is 14.2. The maximum absolute atomic E-state index is 12.7. The highest BCUT2D eigenvalue weighted by atomic mass is 32.1. The second-order valence-corrected chi connectivity index (χ2v) is 5.53. The van der Waals surface area contributed by atoms with Gasteiger partial charge in [-0.15, -0.1) is 0 Å². The predicted molar refractivity (Wildman–Crippen MR) is 71.1 cm³/mol. The van der Waals surface area contributed by atoms with Crippen LogP contribution in [-0.4, -0.2) is 4.98 Å². The Bertz CT molecular complexity index is 588. The Kier molecular flexibility index (Phi) is 3.54. The van der Waals surface area contributed by atoms with Gasteiger partial charge in [0.2, 0.25) is 0 Å². The van der Waals surface area contributed by atoms with Crippen LogP contribution < -0.4 is 5.73 Å². The zero-order valence-electron chi connectivity index (χ0n) is 10.5. The molecule has 0 aliphatic carbocycles. The van der Waals surface area contributed by atoms with Crippen LogP contribution in [0.4, 0.5) is 18.3 Å². The van der Waals surface area contributed by atoms with Crippen molar-refractivity contribution in [3.8, 4) is 10.4 Å². The molecule has 0 amide bonds. The van der Waals surface area contributed by atoms with Gasteiger partial charge in [-0.25, -0.2) is 4.98 Å². The fraction of sp³-hybridized carbons (Fsp3) is 0.308. The van der Waals surface area contributed by atoms with Crippen LogP contribution in [0, 0.1) is 0 Å².